The van der Waals surface area contributed by atoms with Gasteiger partial charge < -0.3 is 10.6 Å². The molecule has 2 aromatic heterocycles. The predicted octanol–water partition coefficient (Wildman–Crippen LogP) is 1.04. The zero-order valence-electron chi connectivity index (χ0n) is 12.6. The number of likely N-dealkylation sites (tertiary alicyclic amines) is 1. The lowest BCUT2D eigenvalue weighted by Crippen LogP contribution is -2.52. The van der Waals surface area contributed by atoms with E-state index in [2.05, 4.69) is 4.98 Å². The molecule has 0 saturated carbocycles. The largest absolute Gasteiger partial charge is 0.334 e. The Balaban J connectivity index is 2.01. The Labute approximate surface area is 128 Å². The molecular formula is C16H20N4O2. The molecule has 116 valence electrons. The molecule has 2 unspecified atom stereocenters. The summed E-state index contributed by atoms with van der Waals surface area (Å²) in [7, 11) is 0. The maximum absolute atomic E-state index is 12.8. The molecule has 2 N–H and O–H groups in total. The van der Waals surface area contributed by atoms with Crippen LogP contribution in [0.1, 0.15) is 36.5 Å². The molecule has 1 amide bonds. The van der Waals surface area contributed by atoms with Gasteiger partial charge in [-0.15, -0.1) is 0 Å². The molecule has 1 saturated heterocycles. The molecule has 1 aliphatic heterocycles. The third-order valence-corrected chi connectivity index (χ3v) is 4.26. The predicted molar refractivity (Wildman–Crippen MR) is 83.8 cm³/mol. The number of hydrogen-bond acceptors (Lipinski definition) is 4. The number of aromatic nitrogens is 2. The Morgan fingerprint density at radius 3 is 3.00 bits per heavy atom. The van der Waals surface area contributed by atoms with Gasteiger partial charge in [-0.2, -0.15) is 0 Å². The Morgan fingerprint density at radius 1 is 1.41 bits per heavy atom. The van der Waals surface area contributed by atoms with Crippen molar-refractivity contribution in [1.82, 2.24) is 14.3 Å². The SMILES string of the molecule is CC(N)C1CCCCN1C(=O)c1cnc2ccccn2c1=O. The van der Waals surface area contributed by atoms with Crippen molar-refractivity contribution in [2.24, 2.45) is 5.73 Å². The van der Waals surface area contributed by atoms with Gasteiger partial charge in [-0.05, 0) is 38.3 Å². The van der Waals surface area contributed by atoms with Crippen molar-refractivity contribution in [2.75, 3.05) is 6.54 Å². The number of piperidine rings is 1. The summed E-state index contributed by atoms with van der Waals surface area (Å²) in [4.78, 5) is 31.3. The number of nitrogens with zero attached hydrogens (tertiary/aromatic N) is 3. The third-order valence-electron chi connectivity index (χ3n) is 4.26. The first-order chi connectivity index (χ1) is 10.6. The highest BCUT2D eigenvalue weighted by Gasteiger charge is 2.31. The van der Waals surface area contributed by atoms with E-state index in [1.165, 1.54) is 10.6 Å². The van der Waals surface area contributed by atoms with E-state index >= 15 is 0 Å². The van der Waals surface area contributed by atoms with Crippen molar-refractivity contribution in [3.8, 4) is 0 Å². The van der Waals surface area contributed by atoms with Crippen molar-refractivity contribution < 1.29 is 4.79 Å². The van der Waals surface area contributed by atoms with E-state index in [0.717, 1.165) is 19.3 Å². The minimum atomic E-state index is -0.329. The molecule has 22 heavy (non-hydrogen) atoms. The first-order valence-electron chi connectivity index (χ1n) is 7.62. The molecule has 6 heteroatoms. The lowest BCUT2D eigenvalue weighted by atomic mass is 9.96. The van der Waals surface area contributed by atoms with Gasteiger partial charge in [-0.25, -0.2) is 4.98 Å². The maximum Gasteiger partial charge on any atom is 0.270 e. The number of rotatable bonds is 2. The van der Waals surface area contributed by atoms with Crippen LogP contribution in [-0.4, -0.2) is 38.8 Å². The third kappa shape index (κ3) is 2.50. The van der Waals surface area contributed by atoms with Crippen LogP contribution in [0, 0.1) is 0 Å². The molecular weight excluding hydrogens is 280 g/mol. The fourth-order valence-electron chi connectivity index (χ4n) is 3.08. The molecule has 0 aliphatic carbocycles. The van der Waals surface area contributed by atoms with Crippen LogP contribution in [0.15, 0.2) is 35.4 Å². The van der Waals surface area contributed by atoms with Crippen molar-refractivity contribution in [1.29, 1.82) is 0 Å². The van der Waals surface area contributed by atoms with E-state index in [-0.39, 0.29) is 29.1 Å². The van der Waals surface area contributed by atoms with Crippen molar-refractivity contribution >= 4 is 11.6 Å². The van der Waals surface area contributed by atoms with Gasteiger partial charge in [0, 0.05) is 31.0 Å². The summed E-state index contributed by atoms with van der Waals surface area (Å²) in [6.07, 6.45) is 5.89. The smallest absolute Gasteiger partial charge is 0.270 e. The number of amides is 1. The first-order valence-corrected chi connectivity index (χ1v) is 7.62. The Hall–Kier alpha value is -2.21. The highest BCUT2D eigenvalue weighted by Crippen LogP contribution is 2.20. The van der Waals surface area contributed by atoms with Crippen LogP contribution in [0.2, 0.25) is 0 Å². The van der Waals surface area contributed by atoms with E-state index in [0.29, 0.717) is 12.2 Å². The van der Waals surface area contributed by atoms with Crippen LogP contribution in [-0.2, 0) is 0 Å². The summed E-state index contributed by atoms with van der Waals surface area (Å²) < 4.78 is 1.40. The number of pyridine rings is 1. The summed E-state index contributed by atoms with van der Waals surface area (Å²) >= 11 is 0. The summed E-state index contributed by atoms with van der Waals surface area (Å²) in [6, 6.07) is 5.16. The van der Waals surface area contributed by atoms with E-state index in [1.807, 2.05) is 6.92 Å². The Bertz CT molecular complexity index is 753. The van der Waals surface area contributed by atoms with Gasteiger partial charge in [0.1, 0.15) is 11.2 Å². The van der Waals surface area contributed by atoms with E-state index in [1.54, 1.807) is 29.3 Å². The van der Waals surface area contributed by atoms with Gasteiger partial charge in [0.25, 0.3) is 11.5 Å². The molecule has 2 aromatic rings. The Kier molecular flexibility index (Phi) is 3.94. The summed E-state index contributed by atoms with van der Waals surface area (Å²) in [5, 5.41) is 0. The standard InChI is InChI=1S/C16H20N4O2/c1-11(17)13-6-2-4-8-19(13)15(21)12-10-18-14-7-3-5-9-20(14)16(12)22/h3,5,7,9-11,13H,2,4,6,8,17H2,1H3. The number of fused-ring (bicyclic) bond motifs is 1. The van der Waals surface area contributed by atoms with Crippen LogP contribution in [0.3, 0.4) is 0 Å². The van der Waals surface area contributed by atoms with Gasteiger partial charge in [-0.1, -0.05) is 6.07 Å². The van der Waals surface area contributed by atoms with E-state index in [9.17, 15) is 9.59 Å². The van der Waals surface area contributed by atoms with E-state index in [4.69, 9.17) is 5.73 Å². The monoisotopic (exact) mass is 300 g/mol. The molecule has 6 nitrogen and oxygen atoms in total. The first kappa shape index (κ1) is 14.7. The van der Waals surface area contributed by atoms with Gasteiger partial charge in [-0.3, -0.25) is 14.0 Å². The zero-order valence-corrected chi connectivity index (χ0v) is 12.6. The van der Waals surface area contributed by atoms with Gasteiger partial charge >= 0.3 is 0 Å². The molecule has 0 bridgehead atoms. The fourth-order valence-corrected chi connectivity index (χ4v) is 3.08. The highest BCUT2D eigenvalue weighted by atomic mass is 16.2. The van der Waals surface area contributed by atoms with Gasteiger partial charge in [0.15, 0.2) is 0 Å². The lowest BCUT2D eigenvalue weighted by Gasteiger charge is -2.37. The number of hydrogen-bond donors (Lipinski definition) is 1. The highest BCUT2D eigenvalue weighted by molar-refractivity contribution is 5.94. The van der Waals surface area contributed by atoms with Crippen LogP contribution in [0.4, 0.5) is 0 Å². The van der Waals surface area contributed by atoms with Crippen molar-refractivity contribution in [2.45, 2.75) is 38.3 Å². The average Bonchev–Trinajstić information content (AvgIpc) is 2.55. The van der Waals surface area contributed by atoms with Crippen LogP contribution in [0.25, 0.3) is 5.65 Å². The molecule has 3 heterocycles. The summed E-state index contributed by atoms with van der Waals surface area (Å²) in [5.41, 5.74) is 6.32. The topological polar surface area (TPSA) is 80.7 Å². The molecule has 2 atom stereocenters. The molecule has 0 radical (unpaired) electrons. The molecule has 1 fully saturated rings. The molecule has 3 rings (SSSR count). The normalized spacial score (nSPS) is 20.1. The van der Waals surface area contributed by atoms with E-state index < -0.39 is 0 Å². The Morgan fingerprint density at radius 2 is 2.23 bits per heavy atom. The number of nitrogens with two attached hydrogens (primary N) is 1. The van der Waals surface area contributed by atoms with Crippen molar-refractivity contribution in [3.05, 3.63) is 46.5 Å². The maximum atomic E-state index is 12.8. The molecule has 0 spiro atoms. The van der Waals surface area contributed by atoms with Crippen LogP contribution in [0.5, 0.6) is 0 Å². The lowest BCUT2D eigenvalue weighted by molar-refractivity contribution is 0.0581. The zero-order chi connectivity index (χ0) is 15.7. The van der Waals surface area contributed by atoms with Crippen LogP contribution >= 0.6 is 0 Å². The second kappa shape index (κ2) is 5.88. The summed E-state index contributed by atoms with van der Waals surface area (Å²) in [6.45, 7) is 2.55. The number of carbonyl (C=O) groups excluding carboxylic acids is 1. The van der Waals surface area contributed by atoms with Crippen molar-refractivity contribution in [3.63, 3.8) is 0 Å². The average molecular weight is 300 g/mol. The number of carbonyl (C=O) groups is 1. The molecule has 1 aliphatic rings. The van der Waals surface area contributed by atoms with Gasteiger partial charge in [0.2, 0.25) is 0 Å². The summed E-state index contributed by atoms with van der Waals surface area (Å²) in [5.74, 6) is -0.266. The molecule has 0 aromatic carbocycles. The van der Waals surface area contributed by atoms with Gasteiger partial charge in [0.05, 0.1) is 0 Å². The second-order valence-corrected chi connectivity index (χ2v) is 5.83. The fraction of sp³-hybridized carbons (Fsp3) is 0.438. The minimum Gasteiger partial charge on any atom is -0.334 e. The van der Waals surface area contributed by atoms with Crippen LogP contribution < -0.4 is 11.3 Å². The minimum absolute atomic E-state index is 0.0166. The quantitative estimate of drug-likeness (QED) is 0.898. The second-order valence-electron chi connectivity index (χ2n) is 5.83.